The minimum absolute atomic E-state index is 0.307. The van der Waals surface area contributed by atoms with Gasteiger partial charge in [-0.1, -0.05) is 78.9 Å². The van der Waals surface area contributed by atoms with E-state index in [4.69, 9.17) is 4.74 Å². The van der Waals surface area contributed by atoms with Crippen molar-refractivity contribution in [2.24, 2.45) is 5.10 Å². The fourth-order valence-corrected chi connectivity index (χ4v) is 3.94. The molecular formula is C28H22N2O2. The number of carbonyl (C=O) groups excluding carboxylic acids is 1. The molecule has 5 aromatic rings. The standard InChI is InChI=1S/C28H22N2O2/c1-19(32-24-15-14-20-8-2-3-9-21(20)17-24)28(31)30-29-18-27-25-12-6-4-10-22(25)16-23-11-5-7-13-26(23)27/h2-19H,1H3,(H,30,31)/b29-18+. The Kier molecular flexibility index (Phi) is 5.26. The maximum Gasteiger partial charge on any atom is 0.280 e. The van der Waals surface area contributed by atoms with Crippen molar-refractivity contribution in [3.8, 4) is 5.75 Å². The van der Waals surface area contributed by atoms with E-state index in [9.17, 15) is 4.79 Å². The molecule has 1 N–H and O–H groups in total. The van der Waals surface area contributed by atoms with Crippen molar-refractivity contribution in [3.05, 3.63) is 103 Å². The number of carbonyl (C=O) groups is 1. The van der Waals surface area contributed by atoms with Gasteiger partial charge in [-0.25, -0.2) is 5.43 Å². The van der Waals surface area contributed by atoms with Crippen molar-refractivity contribution in [2.75, 3.05) is 0 Å². The largest absolute Gasteiger partial charge is 0.481 e. The number of amides is 1. The molecule has 0 aliphatic carbocycles. The summed E-state index contributed by atoms with van der Waals surface area (Å²) in [6, 6.07) is 32.3. The van der Waals surface area contributed by atoms with Crippen LogP contribution in [0.1, 0.15) is 12.5 Å². The lowest BCUT2D eigenvalue weighted by Crippen LogP contribution is -2.33. The molecule has 0 saturated heterocycles. The van der Waals surface area contributed by atoms with Gasteiger partial charge in [0, 0.05) is 5.56 Å². The molecule has 156 valence electrons. The Labute approximate surface area is 186 Å². The molecule has 4 nitrogen and oxygen atoms in total. The van der Waals surface area contributed by atoms with E-state index in [1.165, 1.54) is 0 Å². The first-order chi connectivity index (χ1) is 15.7. The normalized spacial score (nSPS) is 12.4. The Balaban J connectivity index is 1.35. The lowest BCUT2D eigenvalue weighted by Gasteiger charge is -2.13. The number of hydrogen-bond donors (Lipinski definition) is 1. The Hall–Kier alpha value is -4.18. The molecule has 0 saturated carbocycles. The fourth-order valence-electron chi connectivity index (χ4n) is 3.94. The van der Waals surface area contributed by atoms with Crippen molar-refractivity contribution in [1.82, 2.24) is 5.43 Å². The molecule has 0 fully saturated rings. The molecule has 0 aromatic heterocycles. The highest BCUT2D eigenvalue weighted by molar-refractivity contribution is 6.13. The van der Waals surface area contributed by atoms with Gasteiger partial charge in [-0.05, 0) is 57.4 Å². The summed E-state index contributed by atoms with van der Waals surface area (Å²) in [4.78, 5) is 12.6. The van der Waals surface area contributed by atoms with Crippen LogP contribution >= 0.6 is 0 Å². The van der Waals surface area contributed by atoms with Crippen LogP contribution in [0.2, 0.25) is 0 Å². The van der Waals surface area contributed by atoms with Gasteiger partial charge in [-0.3, -0.25) is 4.79 Å². The van der Waals surface area contributed by atoms with Crippen LogP contribution in [0.25, 0.3) is 32.3 Å². The van der Waals surface area contributed by atoms with Gasteiger partial charge in [-0.2, -0.15) is 5.10 Å². The van der Waals surface area contributed by atoms with Gasteiger partial charge in [-0.15, -0.1) is 0 Å². The summed E-state index contributed by atoms with van der Waals surface area (Å²) in [5.41, 5.74) is 3.60. The zero-order chi connectivity index (χ0) is 21.9. The molecular weight excluding hydrogens is 396 g/mol. The van der Waals surface area contributed by atoms with Gasteiger partial charge in [0.2, 0.25) is 0 Å². The van der Waals surface area contributed by atoms with Crippen molar-refractivity contribution >= 4 is 44.4 Å². The van der Waals surface area contributed by atoms with E-state index >= 15 is 0 Å². The predicted molar refractivity (Wildman–Crippen MR) is 131 cm³/mol. The average molecular weight is 418 g/mol. The lowest BCUT2D eigenvalue weighted by atomic mass is 9.97. The van der Waals surface area contributed by atoms with Gasteiger partial charge in [0.15, 0.2) is 6.10 Å². The summed E-state index contributed by atoms with van der Waals surface area (Å²) in [6.07, 6.45) is 1.03. The molecule has 0 bridgehead atoms. The topological polar surface area (TPSA) is 50.7 Å². The third-order valence-electron chi connectivity index (χ3n) is 5.58. The van der Waals surface area contributed by atoms with Crippen molar-refractivity contribution < 1.29 is 9.53 Å². The van der Waals surface area contributed by atoms with Gasteiger partial charge in [0.25, 0.3) is 5.91 Å². The van der Waals surface area contributed by atoms with E-state index in [1.807, 2.05) is 66.7 Å². The molecule has 5 rings (SSSR count). The van der Waals surface area contributed by atoms with E-state index < -0.39 is 6.10 Å². The van der Waals surface area contributed by atoms with E-state index in [0.29, 0.717) is 5.75 Å². The molecule has 4 heteroatoms. The molecule has 1 amide bonds. The quantitative estimate of drug-likeness (QED) is 0.214. The number of hydrogen-bond acceptors (Lipinski definition) is 3. The smallest absolute Gasteiger partial charge is 0.280 e. The average Bonchev–Trinajstić information content (AvgIpc) is 2.83. The summed E-state index contributed by atoms with van der Waals surface area (Å²) in [5.74, 6) is 0.342. The highest BCUT2D eigenvalue weighted by atomic mass is 16.5. The predicted octanol–water partition coefficient (Wildman–Crippen LogP) is 6.06. The van der Waals surface area contributed by atoms with Gasteiger partial charge in [0.05, 0.1) is 6.21 Å². The van der Waals surface area contributed by atoms with E-state index in [0.717, 1.165) is 37.9 Å². The highest BCUT2D eigenvalue weighted by Crippen LogP contribution is 2.27. The minimum atomic E-state index is -0.683. The summed E-state index contributed by atoms with van der Waals surface area (Å²) in [5, 5.41) is 10.9. The molecule has 32 heavy (non-hydrogen) atoms. The van der Waals surface area contributed by atoms with Crippen LogP contribution in [0.5, 0.6) is 5.75 Å². The number of fused-ring (bicyclic) bond motifs is 3. The van der Waals surface area contributed by atoms with Crippen molar-refractivity contribution in [1.29, 1.82) is 0 Å². The van der Waals surface area contributed by atoms with Crippen LogP contribution in [0, 0.1) is 0 Å². The Bertz CT molecular complexity index is 1420. The van der Waals surface area contributed by atoms with Crippen LogP contribution in [0.15, 0.2) is 102 Å². The van der Waals surface area contributed by atoms with Gasteiger partial charge >= 0.3 is 0 Å². The zero-order valence-corrected chi connectivity index (χ0v) is 17.7. The lowest BCUT2D eigenvalue weighted by molar-refractivity contribution is -0.127. The molecule has 0 spiro atoms. The van der Waals surface area contributed by atoms with Crippen LogP contribution in [-0.2, 0) is 4.79 Å². The van der Waals surface area contributed by atoms with Crippen LogP contribution < -0.4 is 10.2 Å². The summed E-state index contributed by atoms with van der Waals surface area (Å²) in [7, 11) is 0. The summed E-state index contributed by atoms with van der Waals surface area (Å²) >= 11 is 0. The Morgan fingerprint density at radius 1 is 0.781 bits per heavy atom. The summed E-state index contributed by atoms with van der Waals surface area (Å²) < 4.78 is 5.84. The minimum Gasteiger partial charge on any atom is -0.481 e. The number of rotatable bonds is 5. The second kappa shape index (κ2) is 8.52. The van der Waals surface area contributed by atoms with Crippen molar-refractivity contribution in [3.63, 3.8) is 0 Å². The molecule has 5 aromatic carbocycles. The van der Waals surface area contributed by atoms with E-state index in [2.05, 4.69) is 40.9 Å². The molecule has 0 heterocycles. The van der Waals surface area contributed by atoms with Crippen LogP contribution in [0.4, 0.5) is 0 Å². The Morgan fingerprint density at radius 2 is 1.38 bits per heavy atom. The number of nitrogens with one attached hydrogen (secondary N) is 1. The number of benzene rings is 5. The number of nitrogens with zero attached hydrogens (tertiary/aromatic N) is 1. The molecule has 0 radical (unpaired) electrons. The molecule has 0 aliphatic rings. The van der Waals surface area contributed by atoms with Gasteiger partial charge < -0.3 is 4.74 Å². The monoisotopic (exact) mass is 418 g/mol. The maximum absolute atomic E-state index is 12.6. The first kappa shape index (κ1) is 19.8. The number of ether oxygens (including phenoxy) is 1. The zero-order valence-electron chi connectivity index (χ0n) is 17.7. The fraction of sp³-hybridized carbons (Fsp3) is 0.0714. The SMILES string of the molecule is CC(Oc1ccc2ccccc2c1)C(=O)N/N=C/c1c2ccccc2cc2ccccc12. The second-order valence-corrected chi connectivity index (χ2v) is 7.74. The first-order valence-corrected chi connectivity index (χ1v) is 10.6. The Morgan fingerprint density at radius 3 is 2.06 bits per heavy atom. The number of hydrazone groups is 1. The van der Waals surface area contributed by atoms with Gasteiger partial charge in [0.1, 0.15) is 5.75 Å². The molecule has 1 atom stereocenters. The van der Waals surface area contributed by atoms with Crippen molar-refractivity contribution in [2.45, 2.75) is 13.0 Å². The van der Waals surface area contributed by atoms with E-state index in [1.54, 1.807) is 13.1 Å². The third kappa shape index (κ3) is 3.91. The van der Waals surface area contributed by atoms with Crippen LogP contribution in [-0.4, -0.2) is 18.2 Å². The second-order valence-electron chi connectivity index (χ2n) is 7.74. The van der Waals surface area contributed by atoms with Crippen LogP contribution in [0.3, 0.4) is 0 Å². The van der Waals surface area contributed by atoms with E-state index in [-0.39, 0.29) is 5.91 Å². The summed E-state index contributed by atoms with van der Waals surface area (Å²) in [6.45, 7) is 1.72. The molecule has 0 aliphatic heterocycles. The maximum atomic E-state index is 12.6. The highest BCUT2D eigenvalue weighted by Gasteiger charge is 2.14. The first-order valence-electron chi connectivity index (χ1n) is 10.6. The molecule has 1 unspecified atom stereocenters. The third-order valence-corrected chi connectivity index (χ3v) is 5.58.